The van der Waals surface area contributed by atoms with Gasteiger partial charge in [-0.05, 0) is 67.8 Å². The lowest BCUT2D eigenvalue weighted by Crippen LogP contribution is -2.44. The fourth-order valence-electron chi connectivity index (χ4n) is 4.05. The summed E-state index contributed by atoms with van der Waals surface area (Å²) in [4.78, 5) is 14.6. The zero-order valence-electron chi connectivity index (χ0n) is 17.5. The predicted molar refractivity (Wildman–Crippen MR) is 123 cm³/mol. The minimum absolute atomic E-state index is 0. The molecule has 1 aromatic rings. The van der Waals surface area contributed by atoms with Crippen LogP contribution in [0.2, 0.25) is 0 Å². The van der Waals surface area contributed by atoms with Gasteiger partial charge in [0.25, 0.3) is 0 Å². The first-order valence-corrected chi connectivity index (χ1v) is 10.3. The molecule has 1 atom stereocenters. The van der Waals surface area contributed by atoms with Gasteiger partial charge in [-0.15, -0.1) is 24.8 Å². The number of carbonyl (C=O) groups excluding carboxylic acids is 1. The first-order valence-electron chi connectivity index (χ1n) is 10.3. The molecule has 0 spiro atoms. The van der Waals surface area contributed by atoms with Crippen LogP contribution in [0, 0.1) is 5.92 Å². The SMILES string of the molecule is CC(C)(C)c1ccc(N2CCC(NC(=O)CCC3CCNC3)CC2)cc1.Cl.Cl. The molecular weight excluding hydrogens is 393 g/mol. The Morgan fingerprint density at radius 1 is 1.11 bits per heavy atom. The van der Waals surface area contributed by atoms with Gasteiger partial charge in [0.05, 0.1) is 0 Å². The van der Waals surface area contributed by atoms with Crippen molar-refractivity contribution >= 4 is 36.4 Å². The van der Waals surface area contributed by atoms with Gasteiger partial charge in [-0.1, -0.05) is 32.9 Å². The first kappa shape index (κ1) is 25.1. The summed E-state index contributed by atoms with van der Waals surface area (Å²) in [6.07, 6.45) is 5.01. The van der Waals surface area contributed by atoms with E-state index in [9.17, 15) is 4.79 Å². The van der Waals surface area contributed by atoms with Gasteiger partial charge in [0.15, 0.2) is 0 Å². The van der Waals surface area contributed by atoms with E-state index in [1.165, 1.54) is 17.7 Å². The molecule has 2 saturated heterocycles. The largest absolute Gasteiger partial charge is 0.371 e. The number of nitrogens with zero attached hydrogens (tertiary/aromatic N) is 1. The second kappa shape index (κ2) is 11.3. The quantitative estimate of drug-likeness (QED) is 0.732. The molecule has 2 N–H and O–H groups in total. The number of rotatable bonds is 5. The summed E-state index contributed by atoms with van der Waals surface area (Å²) in [5.41, 5.74) is 2.88. The smallest absolute Gasteiger partial charge is 0.220 e. The average molecular weight is 430 g/mol. The van der Waals surface area contributed by atoms with Gasteiger partial charge in [0, 0.05) is 31.2 Å². The van der Waals surface area contributed by atoms with Crippen molar-refractivity contribution in [3.8, 4) is 0 Å². The van der Waals surface area contributed by atoms with E-state index in [1.807, 2.05) is 0 Å². The van der Waals surface area contributed by atoms with Gasteiger partial charge in [-0.3, -0.25) is 4.79 Å². The Labute approximate surface area is 183 Å². The maximum absolute atomic E-state index is 12.2. The van der Waals surface area contributed by atoms with E-state index in [1.54, 1.807) is 0 Å². The molecule has 3 rings (SSSR count). The molecule has 0 saturated carbocycles. The normalized spacial score (nSPS) is 20.2. The number of halogens is 2. The monoisotopic (exact) mass is 429 g/mol. The molecular formula is C22H37Cl2N3O. The summed E-state index contributed by atoms with van der Waals surface area (Å²) in [6.45, 7) is 11.0. The maximum atomic E-state index is 12.2. The van der Waals surface area contributed by atoms with Crippen molar-refractivity contribution in [2.75, 3.05) is 31.1 Å². The van der Waals surface area contributed by atoms with Crippen LogP contribution in [0.1, 0.15) is 58.4 Å². The molecule has 28 heavy (non-hydrogen) atoms. The molecule has 0 aliphatic carbocycles. The van der Waals surface area contributed by atoms with Crippen molar-refractivity contribution in [1.29, 1.82) is 0 Å². The molecule has 2 aliphatic rings. The zero-order valence-corrected chi connectivity index (χ0v) is 19.1. The topological polar surface area (TPSA) is 44.4 Å². The van der Waals surface area contributed by atoms with Crippen LogP contribution in [0.15, 0.2) is 24.3 Å². The number of hydrogen-bond donors (Lipinski definition) is 2. The van der Waals surface area contributed by atoms with Crippen molar-refractivity contribution in [1.82, 2.24) is 10.6 Å². The molecule has 2 heterocycles. The van der Waals surface area contributed by atoms with Crippen LogP contribution in [0.5, 0.6) is 0 Å². The highest BCUT2D eigenvalue weighted by molar-refractivity contribution is 5.85. The highest BCUT2D eigenvalue weighted by atomic mass is 35.5. The molecule has 4 nitrogen and oxygen atoms in total. The third-order valence-electron chi connectivity index (χ3n) is 5.90. The van der Waals surface area contributed by atoms with Crippen molar-refractivity contribution in [3.63, 3.8) is 0 Å². The van der Waals surface area contributed by atoms with E-state index >= 15 is 0 Å². The van der Waals surface area contributed by atoms with Crippen LogP contribution >= 0.6 is 24.8 Å². The molecule has 2 aliphatic heterocycles. The van der Waals surface area contributed by atoms with E-state index in [-0.39, 0.29) is 36.1 Å². The Morgan fingerprint density at radius 2 is 1.75 bits per heavy atom. The molecule has 2 fully saturated rings. The van der Waals surface area contributed by atoms with E-state index < -0.39 is 0 Å². The van der Waals surface area contributed by atoms with Crippen molar-refractivity contribution in [2.45, 2.75) is 64.3 Å². The molecule has 6 heteroatoms. The second-order valence-corrected chi connectivity index (χ2v) is 9.02. The molecule has 0 radical (unpaired) electrons. The van der Waals surface area contributed by atoms with E-state index in [0.29, 0.717) is 18.4 Å². The van der Waals surface area contributed by atoms with Crippen LogP contribution in [0.25, 0.3) is 0 Å². The van der Waals surface area contributed by atoms with Crippen molar-refractivity contribution in [3.05, 3.63) is 29.8 Å². The minimum Gasteiger partial charge on any atom is -0.371 e. The highest BCUT2D eigenvalue weighted by Gasteiger charge is 2.22. The lowest BCUT2D eigenvalue weighted by atomic mass is 9.87. The Hall–Kier alpha value is -0.970. The number of anilines is 1. The molecule has 0 bridgehead atoms. The van der Waals surface area contributed by atoms with E-state index in [2.05, 4.69) is 60.6 Å². The molecule has 160 valence electrons. The van der Waals surface area contributed by atoms with Crippen molar-refractivity contribution in [2.24, 2.45) is 5.92 Å². The molecule has 1 aromatic carbocycles. The lowest BCUT2D eigenvalue weighted by molar-refractivity contribution is -0.122. The van der Waals surface area contributed by atoms with Gasteiger partial charge in [-0.25, -0.2) is 0 Å². The van der Waals surface area contributed by atoms with Gasteiger partial charge in [0.2, 0.25) is 5.91 Å². The number of hydrogen-bond acceptors (Lipinski definition) is 3. The number of benzene rings is 1. The van der Waals surface area contributed by atoms with Crippen LogP contribution in [0.3, 0.4) is 0 Å². The summed E-state index contributed by atoms with van der Waals surface area (Å²) in [5, 5.41) is 6.63. The minimum atomic E-state index is 0. The third-order valence-corrected chi connectivity index (χ3v) is 5.90. The number of nitrogens with one attached hydrogen (secondary N) is 2. The summed E-state index contributed by atoms with van der Waals surface area (Å²) in [7, 11) is 0. The third kappa shape index (κ3) is 7.13. The number of amides is 1. The molecule has 1 unspecified atom stereocenters. The summed E-state index contributed by atoms with van der Waals surface area (Å²) in [5.74, 6) is 0.934. The fourth-order valence-corrected chi connectivity index (χ4v) is 4.05. The van der Waals surface area contributed by atoms with Crippen LogP contribution in [0.4, 0.5) is 5.69 Å². The zero-order chi connectivity index (χ0) is 18.6. The van der Waals surface area contributed by atoms with Crippen LogP contribution < -0.4 is 15.5 Å². The van der Waals surface area contributed by atoms with E-state index in [0.717, 1.165) is 45.4 Å². The summed E-state index contributed by atoms with van der Waals surface area (Å²) < 4.78 is 0. The average Bonchev–Trinajstić information content (AvgIpc) is 3.14. The lowest BCUT2D eigenvalue weighted by Gasteiger charge is -2.34. The Kier molecular flexibility index (Phi) is 10.1. The molecule has 1 amide bonds. The highest BCUT2D eigenvalue weighted by Crippen LogP contribution is 2.26. The fraction of sp³-hybridized carbons (Fsp3) is 0.682. The molecule has 0 aromatic heterocycles. The van der Waals surface area contributed by atoms with Gasteiger partial charge >= 0.3 is 0 Å². The predicted octanol–water partition coefficient (Wildman–Crippen LogP) is 4.30. The number of piperidine rings is 1. The maximum Gasteiger partial charge on any atom is 0.220 e. The Bertz CT molecular complexity index is 587. The first-order chi connectivity index (χ1) is 12.4. The van der Waals surface area contributed by atoms with Gasteiger partial charge in [-0.2, -0.15) is 0 Å². The summed E-state index contributed by atoms with van der Waals surface area (Å²) in [6, 6.07) is 9.33. The standard InChI is InChI=1S/C22H35N3O.2ClH/c1-22(2,3)18-5-7-20(8-6-18)25-14-11-19(12-15-25)24-21(26)9-4-17-10-13-23-16-17;;/h5-8,17,19,23H,4,9-16H2,1-3H3,(H,24,26);2*1H. The Morgan fingerprint density at radius 3 is 2.29 bits per heavy atom. The van der Waals surface area contributed by atoms with Crippen molar-refractivity contribution < 1.29 is 4.79 Å². The number of carbonyl (C=O) groups is 1. The Balaban J connectivity index is 0.00000196. The van der Waals surface area contributed by atoms with Crippen LogP contribution in [-0.4, -0.2) is 38.1 Å². The van der Waals surface area contributed by atoms with Gasteiger partial charge < -0.3 is 15.5 Å². The summed E-state index contributed by atoms with van der Waals surface area (Å²) >= 11 is 0. The van der Waals surface area contributed by atoms with E-state index in [4.69, 9.17) is 0 Å². The van der Waals surface area contributed by atoms with Crippen LogP contribution in [-0.2, 0) is 10.2 Å². The second-order valence-electron chi connectivity index (χ2n) is 9.02. The van der Waals surface area contributed by atoms with Gasteiger partial charge in [0.1, 0.15) is 0 Å².